The highest BCUT2D eigenvalue weighted by Crippen LogP contribution is 2.48. The van der Waals surface area contributed by atoms with Crippen LogP contribution < -0.4 is 0 Å². The zero-order valence-electron chi connectivity index (χ0n) is 7.84. The smallest absolute Gasteiger partial charge is 0.314 e. The fraction of sp³-hybridized carbons (Fsp3) is 0.300. The summed E-state index contributed by atoms with van der Waals surface area (Å²) >= 11 is 0. The van der Waals surface area contributed by atoms with Gasteiger partial charge >= 0.3 is 5.97 Å². The first kappa shape index (κ1) is 9.64. The van der Waals surface area contributed by atoms with Crippen LogP contribution in [0.1, 0.15) is 18.4 Å². The normalized spacial score (nSPS) is 17.1. The van der Waals surface area contributed by atoms with Gasteiger partial charge in [-0.05, 0) is 18.4 Å². The molecule has 0 radical (unpaired) electrons. The van der Waals surface area contributed by atoms with E-state index < -0.39 is 16.3 Å². The number of hydrogen-bond donors (Lipinski definition) is 1. The van der Waals surface area contributed by atoms with Gasteiger partial charge in [0.1, 0.15) is 0 Å². The molecule has 0 heterocycles. The van der Waals surface area contributed by atoms with Crippen molar-refractivity contribution in [2.45, 2.75) is 18.3 Å². The van der Waals surface area contributed by atoms with Crippen LogP contribution in [0.5, 0.6) is 0 Å². The highest BCUT2D eigenvalue weighted by Gasteiger charge is 2.51. The molecule has 1 N–H and O–H groups in total. The van der Waals surface area contributed by atoms with Gasteiger partial charge in [0.05, 0.1) is 10.3 Å². The first-order valence-electron chi connectivity index (χ1n) is 4.54. The van der Waals surface area contributed by atoms with Gasteiger partial charge in [-0.2, -0.15) is 0 Å². The molecule has 1 saturated carbocycles. The van der Waals surface area contributed by atoms with Gasteiger partial charge in [-0.3, -0.25) is 14.9 Å². The van der Waals surface area contributed by atoms with E-state index in [1.54, 1.807) is 0 Å². The monoisotopic (exact) mass is 207 g/mol. The van der Waals surface area contributed by atoms with Gasteiger partial charge in [-0.1, -0.05) is 12.1 Å². The number of carboxylic acid groups (broad SMARTS) is 1. The average Bonchev–Trinajstić information content (AvgIpc) is 2.98. The van der Waals surface area contributed by atoms with Gasteiger partial charge in [0.2, 0.25) is 0 Å². The third-order valence-electron chi connectivity index (χ3n) is 2.79. The van der Waals surface area contributed by atoms with Gasteiger partial charge in [0.25, 0.3) is 5.69 Å². The number of non-ortho nitro benzene ring substituents is 1. The van der Waals surface area contributed by atoms with Crippen LogP contribution in [0, 0.1) is 10.1 Å². The molecule has 1 fully saturated rings. The molecule has 1 aliphatic carbocycles. The highest BCUT2D eigenvalue weighted by atomic mass is 16.6. The molecule has 0 spiro atoms. The summed E-state index contributed by atoms with van der Waals surface area (Å²) in [6, 6.07) is 5.75. The quantitative estimate of drug-likeness (QED) is 0.604. The van der Waals surface area contributed by atoms with E-state index in [4.69, 9.17) is 5.11 Å². The van der Waals surface area contributed by atoms with E-state index in [0.717, 1.165) is 0 Å². The Bertz CT molecular complexity index is 420. The number of nitrogens with zero attached hydrogens (tertiary/aromatic N) is 1. The molecule has 2 rings (SSSR count). The van der Waals surface area contributed by atoms with Crippen molar-refractivity contribution in [3.05, 3.63) is 39.9 Å². The van der Waals surface area contributed by atoms with E-state index in [1.807, 2.05) is 0 Å². The fourth-order valence-corrected chi connectivity index (χ4v) is 1.65. The van der Waals surface area contributed by atoms with Gasteiger partial charge in [0.15, 0.2) is 0 Å². The lowest BCUT2D eigenvalue weighted by Crippen LogP contribution is -2.19. The lowest BCUT2D eigenvalue weighted by atomic mass is 9.96. The number of aliphatic carboxylic acids is 1. The second-order valence-electron chi connectivity index (χ2n) is 3.69. The maximum atomic E-state index is 11.0. The number of nitro groups is 1. The number of nitro benzene ring substituents is 1. The van der Waals surface area contributed by atoms with E-state index in [0.29, 0.717) is 18.4 Å². The van der Waals surface area contributed by atoms with Crippen LogP contribution in [-0.2, 0) is 10.2 Å². The highest BCUT2D eigenvalue weighted by molar-refractivity contribution is 5.84. The van der Waals surface area contributed by atoms with Crippen LogP contribution in [0.2, 0.25) is 0 Å². The summed E-state index contributed by atoms with van der Waals surface area (Å²) in [5.74, 6) is -0.851. The van der Waals surface area contributed by atoms with Crippen molar-refractivity contribution in [1.29, 1.82) is 0 Å². The van der Waals surface area contributed by atoms with E-state index >= 15 is 0 Å². The van der Waals surface area contributed by atoms with Crippen LogP contribution in [0.4, 0.5) is 5.69 Å². The zero-order chi connectivity index (χ0) is 11.1. The van der Waals surface area contributed by atoms with Gasteiger partial charge in [-0.25, -0.2) is 0 Å². The van der Waals surface area contributed by atoms with Crippen molar-refractivity contribution in [2.75, 3.05) is 0 Å². The Kier molecular flexibility index (Phi) is 1.96. The molecule has 0 aliphatic heterocycles. The minimum Gasteiger partial charge on any atom is -0.481 e. The Hall–Kier alpha value is -1.91. The van der Waals surface area contributed by atoms with Gasteiger partial charge in [-0.15, -0.1) is 0 Å². The van der Waals surface area contributed by atoms with Crippen molar-refractivity contribution < 1.29 is 14.8 Å². The third-order valence-corrected chi connectivity index (χ3v) is 2.79. The topological polar surface area (TPSA) is 80.4 Å². The zero-order valence-corrected chi connectivity index (χ0v) is 7.84. The second kappa shape index (κ2) is 3.05. The van der Waals surface area contributed by atoms with Crippen LogP contribution in [0.25, 0.3) is 0 Å². The van der Waals surface area contributed by atoms with Crippen molar-refractivity contribution in [2.24, 2.45) is 0 Å². The lowest BCUT2D eigenvalue weighted by molar-refractivity contribution is -0.384. The number of hydrogen-bond acceptors (Lipinski definition) is 3. The standard InChI is InChI=1S/C10H9NO4/c12-9(13)10(5-6-10)7-1-3-8(4-2-7)11(14)15/h1-4H,5-6H2,(H,12,13). The van der Waals surface area contributed by atoms with E-state index in [9.17, 15) is 14.9 Å². The molecule has 1 aliphatic rings. The Morgan fingerprint density at radius 2 is 1.87 bits per heavy atom. The Morgan fingerprint density at radius 1 is 1.33 bits per heavy atom. The summed E-state index contributed by atoms with van der Waals surface area (Å²) in [5, 5.41) is 19.4. The molecule has 5 heteroatoms. The minimum absolute atomic E-state index is 0.0139. The number of rotatable bonds is 3. The predicted octanol–water partition coefficient (Wildman–Crippen LogP) is 1.71. The molecule has 15 heavy (non-hydrogen) atoms. The van der Waals surface area contributed by atoms with E-state index in [2.05, 4.69) is 0 Å². The summed E-state index contributed by atoms with van der Waals surface area (Å²) < 4.78 is 0. The molecule has 0 aromatic heterocycles. The molecular weight excluding hydrogens is 198 g/mol. The van der Waals surface area contributed by atoms with Crippen molar-refractivity contribution in [3.8, 4) is 0 Å². The van der Waals surface area contributed by atoms with Crippen LogP contribution in [0.15, 0.2) is 24.3 Å². The van der Waals surface area contributed by atoms with Gasteiger partial charge in [0, 0.05) is 12.1 Å². The predicted molar refractivity (Wildman–Crippen MR) is 51.6 cm³/mol. The van der Waals surface area contributed by atoms with Crippen LogP contribution >= 0.6 is 0 Å². The summed E-state index contributed by atoms with van der Waals surface area (Å²) in [7, 11) is 0. The molecule has 1 aromatic rings. The van der Waals surface area contributed by atoms with E-state index in [1.165, 1.54) is 24.3 Å². The largest absolute Gasteiger partial charge is 0.481 e. The maximum Gasteiger partial charge on any atom is 0.314 e. The number of benzene rings is 1. The Morgan fingerprint density at radius 3 is 2.20 bits per heavy atom. The third kappa shape index (κ3) is 1.45. The molecule has 0 bridgehead atoms. The molecule has 1 aromatic carbocycles. The summed E-state index contributed by atoms with van der Waals surface area (Å²) in [6.45, 7) is 0. The summed E-state index contributed by atoms with van der Waals surface area (Å²) in [4.78, 5) is 20.9. The molecular formula is C10H9NO4. The molecule has 78 valence electrons. The van der Waals surface area contributed by atoms with Gasteiger partial charge < -0.3 is 5.11 Å². The van der Waals surface area contributed by atoms with Crippen LogP contribution in [-0.4, -0.2) is 16.0 Å². The molecule has 0 unspecified atom stereocenters. The van der Waals surface area contributed by atoms with Crippen LogP contribution in [0.3, 0.4) is 0 Å². The van der Waals surface area contributed by atoms with Crippen molar-refractivity contribution in [1.82, 2.24) is 0 Å². The lowest BCUT2D eigenvalue weighted by Gasteiger charge is -2.08. The minimum atomic E-state index is -0.851. The first-order chi connectivity index (χ1) is 7.06. The molecule has 0 saturated heterocycles. The first-order valence-corrected chi connectivity index (χ1v) is 4.54. The van der Waals surface area contributed by atoms with Crippen molar-refractivity contribution >= 4 is 11.7 Å². The summed E-state index contributed by atoms with van der Waals surface area (Å²) in [6.07, 6.45) is 1.22. The number of carbonyl (C=O) groups is 1. The summed E-state index contributed by atoms with van der Waals surface area (Å²) in [5.41, 5.74) is -0.143. The van der Waals surface area contributed by atoms with Crippen molar-refractivity contribution in [3.63, 3.8) is 0 Å². The second-order valence-corrected chi connectivity index (χ2v) is 3.69. The Balaban J connectivity index is 2.32. The SMILES string of the molecule is O=C(O)C1(c2ccc([N+](=O)[O-])cc2)CC1. The molecule has 5 nitrogen and oxygen atoms in total. The fourth-order valence-electron chi connectivity index (χ4n) is 1.65. The number of carboxylic acids is 1. The van der Waals surface area contributed by atoms with E-state index in [-0.39, 0.29) is 5.69 Å². The molecule has 0 amide bonds. The average molecular weight is 207 g/mol. The maximum absolute atomic E-state index is 11.0. The Labute approximate surface area is 85.5 Å². The molecule has 0 atom stereocenters.